The minimum atomic E-state index is -4.20. The van der Waals surface area contributed by atoms with Gasteiger partial charge in [0.1, 0.15) is 5.75 Å². The molecule has 1 aromatic rings. The van der Waals surface area contributed by atoms with Gasteiger partial charge in [-0.15, -0.1) is 0 Å². The van der Waals surface area contributed by atoms with Crippen molar-refractivity contribution < 1.29 is 22.6 Å². The second-order valence-electron chi connectivity index (χ2n) is 8.21. The van der Waals surface area contributed by atoms with Crippen molar-refractivity contribution in [2.45, 2.75) is 70.9 Å². The van der Waals surface area contributed by atoms with E-state index in [0.29, 0.717) is 18.1 Å². The number of benzene rings is 1. The summed E-state index contributed by atoms with van der Waals surface area (Å²) in [6.07, 6.45) is 4.76. The van der Waals surface area contributed by atoms with E-state index in [0.717, 1.165) is 11.7 Å². The van der Waals surface area contributed by atoms with Crippen LogP contribution in [0.5, 0.6) is 5.75 Å². The molecule has 5 heteroatoms. The van der Waals surface area contributed by atoms with Crippen LogP contribution in [0.25, 0.3) is 0 Å². The van der Waals surface area contributed by atoms with Gasteiger partial charge in [0.2, 0.25) is 0 Å². The van der Waals surface area contributed by atoms with Gasteiger partial charge in [-0.05, 0) is 55.2 Å². The Balaban J connectivity index is 1.76. The highest BCUT2D eigenvalue weighted by atomic mass is 19.4. The van der Waals surface area contributed by atoms with Crippen molar-refractivity contribution in [2.24, 2.45) is 17.8 Å². The van der Waals surface area contributed by atoms with Gasteiger partial charge in [-0.25, -0.2) is 0 Å². The summed E-state index contributed by atoms with van der Waals surface area (Å²) in [5.74, 6) is 0.857. The van der Waals surface area contributed by atoms with Crippen LogP contribution in [0.4, 0.5) is 13.2 Å². The maximum absolute atomic E-state index is 13.2. The summed E-state index contributed by atoms with van der Waals surface area (Å²) in [7, 11) is 1.43. The quantitative estimate of drug-likeness (QED) is 0.406. The molecule has 0 aromatic heterocycles. The van der Waals surface area contributed by atoms with Crippen LogP contribution in [0.1, 0.15) is 63.9 Å². The monoisotopic (exact) mass is 400 g/mol. The van der Waals surface area contributed by atoms with Crippen LogP contribution < -0.4 is 4.74 Å². The lowest BCUT2D eigenvalue weighted by Crippen LogP contribution is -2.26. The third-order valence-electron chi connectivity index (χ3n) is 5.96. The topological polar surface area (TPSA) is 18.5 Å². The first-order valence-electron chi connectivity index (χ1n) is 10.7. The SMILES string of the molecule is CCCCC1CCC(COc2ccc(CC(CCOC)C(F)(F)F)cc2)CC1. The van der Waals surface area contributed by atoms with Gasteiger partial charge in [-0.1, -0.05) is 51.2 Å². The van der Waals surface area contributed by atoms with Crippen molar-refractivity contribution in [1.82, 2.24) is 0 Å². The minimum absolute atomic E-state index is 0.0147. The van der Waals surface area contributed by atoms with E-state index in [9.17, 15) is 13.2 Å². The van der Waals surface area contributed by atoms with Crippen molar-refractivity contribution in [3.05, 3.63) is 29.8 Å². The fourth-order valence-corrected chi connectivity index (χ4v) is 4.04. The van der Waals surface area contributed by atoms with Crippen molar-refractivity contribution in [1.29, 1.82) is 0 Å². The van der Waals surface area contributed by atoms with Gasteiger partial charge in [0.25, 0.3) is 0 Å². The fourth-order valence-electron chi connectivity index (χ4n) is 4.04. The summed E-state index contributed by atoms with van der Waals surface area (Å²) in [6.45, 7) is 3.07. The average molecular weight is 401 g/mol. The molecule has 1 fully saturated rings. The van der Waals surface area contributed by atoms with Crippen molar-refractivity contribution in [3.8, 4) is 5.75 Å². The number of alkyl halides is 3. The third-order valence-corrected chi connectivity index (χ3v) is 5.96. The molecular formula is C23H35F3O2. The Morgan fingerprint density at radius 3 is 2.25 bits per heavy atom. The Labute approximate surface area is 167 Å². The van der Waals surface area contributed by atoms with Gasteiger partial charge in [0.05, 0.1) is 12.5 Å². The summed E-state index contributed by atoms with van der Waals surface area (Å²) in [6, 6.07) is 7.10. The van der Waals surface area contributed by atoms with E-state index in [1.165, 1.54) is 52.1 Å². The van der Waals surface area contributed by atoms with Gasteiger partial charge in [-0.3, -0.25) is 0 Å². The Bertz CT molecular complexity index is 534. The standard InChI is InChI=1S/C23H35F3O2/c1-3-4-5-18-6-8-20(9-7-18)17-28-22-12-10-19(11-13-22)16-21(14-15-27-2)23(24,25)26/h10-13,18,20-21H,3-9,14-17H2,1-2H3. The molecule has 0 amide bonds. The molecule has 1 saturated carbocycles. The maximum atomic E-state index is 13.2. The number of halogens is 3. The fraction of sp³-hybridized carbons (Fsp3) is 0.739. The van der Waals surface area contributed by atoms with E-state index in [1.54, 1.807) is 24.3 Å². The van der Waals surface area contributed by atoms with E-state index < -0.39 is 12.1 Å². The molecule has 2 rings (SSSR count). The zero-order valence-electron chi connectivity index (χ0n) is 17.3. The van der Waals surface area contributed by atoms with Gasteiger partial charge in [-0.2, -0.15) is 13.2 Å². The molecule has 1 aliphatic carbocycles. The molecule has 28 heavy (non-hydrogen) atoms. The van der Waals surface area contributed by atoms with E-state index >= 15 is 0 Å². The van der Waals surface area contributed by atoms with Crippen LogP contribution in [-0.4, -0.2) is 26.5 Å². The molecule has 0 heterocycles. The number of rotatable bonds is 11. The van der Waals surface area contributed by atoms with Crippen LogP contribution in [0.3, 0.4) is 0 Å². The second-order valence-corrected chi connectivity index (χ2v) is 8.21. The summed E-state index contributed by atoms with van der Waals surface area (Å²) in [5, 5.41) is 0. The summed E-state index contributed by atoms with van der Waals surface area (Å²) < 4.78 is 50.2. The summed E-state index contributed by atoms with van der Waals surface area (Å²) in [5.41, 5.74) is 0.683. The highest BCUT2D eigenvalue weighted by Gasteiger charge is 2.38. The molecular weight excluding hydrogens is 365 g/mol. The Kier molecular flexibility index (Phi) is 9.63. The molecule has 0 saturated heterocycles. The zero-order chi connectivity index (χ0) is 20.4. The molecule has 0 radical (unpaired) electrons. The highest BCUT2D eigenvalue weighted by Crippen LogP contribution is 2.33. The molecule has 0 spiro atoms. The summed E-state index contributed by atoms with van der Waals surface area (Å²) in [4.78, 5) is 0. The minimum Gasteiger partial charge on any atom is -0.493 e. The van der Waals surface area contributed by atoms with Crippen LogP contribution >= 0.6 is 0 Å². The number of unbranched alkanes of at least 4 members (excludes halogenated alkanes) is 1. The molecule has 0 N–H and O–H groups in total. The van der Waals surface area contributed by atoms with Crippen LogP contribution in [0, 0.1) is 17.8 Å². The lowest BCUT2D eigenvalue weighted by atomic mass is 9.80. The first kappa shape index (κ1) is 23.1. The van der Waals surface area contributed by atoms with Gasteiger partial charge < -0.3 is 9.47 Å². The van der Waals surface area contributed by atoms with Gasteiger partial charge in [0.15, 0.2) is 0 Å². The lowest BCUT2D eigenvalue weighted by molar-refractivity contribution is -0.178. The molecule has 2 nitrogen and oxygen atoms in total. The van der Waals surface area contributed by atoms with E-state index in [-0.39, 0.29) is 19.4 Å². The van der Waals surface area contributed by atoms with Crippen molar-refractivity contribution >= 4 is 0 Å². The number of hydrogen-bond donors (Lipinski definition) is 0. The Morgan fingerprint density at radius 1 is 1.04 bits per heavy atom. The Hall–Kier alpha value is -1.23. The smallest absolute Gasteiger partial charge is 0.392 e. The molecule has 1 unspecified atom stereocenters. The summed E-state index contributed by atoms with van der Waals surface area (Å²) >= 11 is 0. The Morgan fingerprint density at radius 2 is 1.68 bits per heavy atom. The first-order valence-corrected chi connectivity index (χ1v) is 10.7. The normalized spacial score (nSPS) is 21.5. The van der Waals surface area contributed by atoms with Gasteiger partial charge >= 0.3 is 6.18 Å². The predicted molar refractivity (Wildman–Crippen MR) is 107 cm³/mol. The molecule has 1 aromatic carbocycles. The number of hydrogen-bond acceptors (Lipinski definition) is 2. The third kappa shape index (κ3) is 8.02. The molecule has 0 aliphatic heterocycles. The zero-order valence-corrected chi connectivity index (χ0v) is 17.3. The number of methoxy groups -OCH3 is 1. The van der Waals surface area contributed by atoms with Crippen LogP contribution in [-0.2, 0) is 11.2 Å². The van der Waals surface area contributed by atoms with E-state index in [2.05, 4.69) is 6.92 Å². The highest BCUT2D eigenvalue weighted by molar-refractivity contribution is 5.27. The molecule has 0 bridgehead atoms. The molecule has 1 atom stereocenters. The average Bonchev–Trinajstić information content (AvgIpc) is 2.68. The van der Waals surface area contributed by atoms with E-state index in [4.69, 9.17) is 9.47 Å². The maximum Gasteiger partial charge on any atom is 0.392 e. The van der Waals surface area contributed by atoms with Gasteiger partial charge in [0, 0.05) is 13.7 Å². The van der Waals surface area contributed by atoms with Crippen LogP contribution in [0.15, 0.2) is 24.3 Å². The molecule has 1 aliphatic rings. The van der Waals surface area contributed by atoms with E-state index in [1.807, 2.05) is 0 Å². The predicted octanol–water partition coefficient (Wildman–Crippen LogP) is 6.82. The van der Waals surface area contributed by atoms with Crippen molar-refractivity contribution in [2.75, 3.05) is 20.3 Å². The molecule has 160 valence electrons. The first-order chi connectivity index (χ1) is 13.4. The second kappa shape index (κ2) is 11.7. The lowest BCUT2D eigenvalue weighted by Gasteiger charge is -2.28. The number of ether oxygens (including phenoxy) is 2. The van der Waals surface area contributed by atoms with Crippen molar-refractivity contribution in [3.63, 3.8) is 0 Å². The van der Waals surface area contributed by atoms with Crippen LogP contribution in [0.2, 0.25) is 0 Å². The largest absolute Gasteiger partial charge is 0.493 e.